The Morgan fingerprint density at radius 3 is 2.41 bits per heavy atom. The number of ether oxygens (including phenoxy) is 2. The molecule has 0 saturated carbocycles. The summed E-state index contributed by atoms with van der Waals surface area (Å²) in [5.41, 5.74) is 0.565. The SMILES string of the molecule is CC(C)C[C@H]1COc2ccccc2C(=O)N(C)CCCCCCN1C(=O)COc1ccccc1. The molecule has 184 valence electrons. The number of hydrogen-bond acceptors (Lipinski definition) is 4. The van der Waals surface area contributed by atoms with E-state index in [0.717, 1.165) is 32.1 Å². The monoisotopic (exact) mass is 466 g/mol. The van der Waals surface area contributed by atoms with E-state index >= 15 is 0 Å². The number of nitrogens with zero attached hydrogens (tertiary/aromatic N) is 2. The molecule has 3 rings (SSSR count). The highest BCUT2D eigenvalue weighted by atomic mass is 16.5. The van der Waals surface area contributed by atoms with Crippen LogP contribution in [0.3, 0.4) is 0 Å². The number of fused-ring (bicyclic) bond motifs is 1. The smallest absolute Gasteiger partial charge is 0.260 e. The van der Waals surface area contributed by atoms with Gasteiger partial charge in [0.15, 0.2) is 6.61 Å². The van der Waals surface area contributed by atoms with Crippen LogP contribution in [0.4, 0.5) is 0 Å². The molecule has 34 heavy (non-hydrogen) atoms. The van der Waals surface area contributed by atoms with E-state index in [9.17, 15) is 9.59 Å². The van der Waals surface area contributed by atoms with Crippen molar-refractivity contribution in [3.63, 3.8) is 0 Å². The summed E-state index contributed by atoms with van der Waals surface area (Å²) in [7, 11) is 1.85. The van der Waals surface area contributed by atoms with Gasteiger partial charge in [0.05, 0.1) is 11.6 Å². The van der Waals surface area contributed by atoms with Gasteiger partial charge in [-0.1, -0.05) is 57.0 Å². The lowest BCUT2D eigenvalue weighted by Gasteiger charge is -2.33. The molecule has 0 unspecified atom stereocenters. The zero-order chi connectivity index (χ0) is 24.3. The van der Waals surface area contributed by atoms with Gasteiger partial charge in [-0.3, -0.25) is 9.59 Å². The van der Waals surface area contributed by atoms with E-state index in [1.165, 1.54) is 0 Å². The molecule has 1 heterocycles. The predicted octanol–water partition coefficient (Wildman–Crippen LogP) is 5.03. The van der Waals surface area contributed by atoms with Crippen molar-refractivity contribution in [1.82, 2.24) is 9.80 Å². The molecule has 0 spiro atoms. The van der Waals surface area contributed by atoms with Gasteiger partial charge in [0.2, 0.25) is 0 Å². The van der Waals surface area contributed by atoms with Gasteiger partial charge < -0.3 is 19.3 Å². The second kappa shape index (κ2) is 13.0. The van der Waals surface area contributed by atoms with Crippen molar-refractivity contribution in [2.75, 3.05) is 33.4 Å². The first-order valence-corrected chi connectivity index (χ1v) is 12.4. The Balaban J connectivity index is 1.81. The number of carbonyl (C=O) groups excluding carboxylic acids is 2. The quantitative estimate of drug-likeness (QED) is 0.620. The van der Waals surface area contributed by atoms with Crippen LogP contribution >= 0.6 is 0 Å². The van der Waals surface area contributed by atoms with Crippen LogP contribution in [0.15, 0.2) is 54.6 Å². The van der Waals surface area contributed by atoms with Gasteiger partial charge >= 0.3 is 0 Å². The summed E-state index contributed by atoms with van der Waals surface area (Å²) in [5, 5.41) is 0. The van der Waals surface area contributed by atoms with Crippen LogP contribution in [-0.2, 0) is 4.79 Å². The summed E-state index contributed by atoms with van der Waals surface area (Å²) in [6.07, 6.45) is 4.70. The lowest BCUT2D eigenvalue weighted by atomic mass is 10.0. The third kappa shape index (κ3) is 7.51. The van der Waals surface area contributed by atoms with Crippen LogP contribution < -0.4 is 9.47 Å². The van der Waals surface area contributed by atoms with E-state index in [1.807, 2.05) is 66.5 Å². The zero-order valence-electron chi connectivity index (χ0n) is 20.7. The van der Waals surface area contributed by atoms with Crippen molar-refractivity contribution in [2.45, 2.75) is 52.0 Å². The first kappa shape index (κ1) is 25.6. The first-order chi connectivity index (χ1) is 16.5. The molecule has 0 N–H and O–H groups in total. The maximum atomic E-state index is 13.3. The fraction of sp³-hybridized carbons (Fsp3) is 0.500. The van der Waals surface area contributed by atoms with Crippen molar-refractivity contribution in [1.29, 1.82) is 0 Å². The third-order valence-electron chi connectivity index (χ3n) is 6.15. The Morgan fingerprint density at radius 1 is 1.00 bits per heavy atom. The van der Waals surface area contributed by atoms with E-state index in [-0.39, 0.29) is 24.5 Å². The van der Waals surface area contributed by atoms with Crippen molar-refractivity contribution in [3.8, 4) is 11.5 Å². The van der Waals surface area contributed by atoms with Gasteiger partial charge in [-0.2, -0.15) is 0 Å². The lowest BCUT2D eigenvalue weighted by Crippen LogP contribution is -2.47. The fourth-order valence-electron chi connectivity index (χ4n) is 4.33. The molecule has 0 aliphatic carbocycles. The van der Waals surface area contributed by atoms with E-state index in [2.05, 4.69) is 13.8 Å². The normalized spacial score (nSPS) is 18.1. The predicted molar refractivity (Wildman–Crippen MR) is 134 cm³/mol. The maximum Gasteiger partial charge on any atom is 0.260 e. The topological polar surface area (TPSA) is 59.1 Å². The molecule has 1 atom stereocenters. The van der Waals surface area contributed by atoms with Crippen molar-refractivity contribution in [3.05, 3.63) is 60.2 Å². The zero-order valence-corrected chi connectivity index (χ0v) is 20.7. The first-order valence-electron chi connectivity index (χ1n) is 12.4. The Bertz CT molecular complexity index is 916. The second-order valence-electron chi connectivity index (χ2n) is 9.42. The fourth-order valence-corrected chi connectivity index (χ4v) is 4.33. The highest BCUT2D eigenvalue weighted by molar-refractivity contribution is 5.96. The third-order valence-corrected chi connectivity index (χ3v) is 6.15. The second-order valence-corrected chi connectivity index (χ2v) is 9.42. The molecule has 0 aromatic heterocycles. The molecule has 0 fully saturated rings. The minimum atomic E-state index is -0.101. The maximum absolute atomic E-state index is 13.3. The van der Waals surface area contributed by atoms with Crippen LogP contribution in [0.2, 0.25) is 0 Å². The largest absolute Gasteiger partial charge is 0.491 e. The number of para-hydroxylation sites is 2. The van der Waals surface area contributed by atoms with Crippen LogP contribution in [0, 0.1) is 5.92 Å². The molecule has 6 heteroatoms. The summed E-state index contributed by atoms with van der Waals surface area (Å²) < 4.78 is 12.0. The Hall–Kier alpha value is -3.02. The van der Waals surface area contributed by atoms with Crippen molar-refractivity contribution >= 4 is 11.8 Å². The van der Waals surface area contributed by atoms with Gasteiger partial charge in [-0.15, -0.1) is 0 Å². The summed E-state index contributed by atoms with van der Waals surface area (Å²) in [6.45, 7) is 6.02. The molecular formula is C28H38N2O4. The average molecular weight is 467 g/mol. The van der Waals surface area contributed by atoms with Gasteiger partial charge in [-0.05, 0) is 49.4 Å². The summed E-state index contributed by atoms with van der Waals surface area (Å²) >= 11 is 0. The summed E-state index contributed by atoms with van der Waals surface area (Å²) in [6, 6.07) is 16.7. The minimum Gasteiger partial charge on any atom is -0.491 e. The molecule has 2 aromatic carbocycles. The summed E-state index contributed by atoms with van der Waals surface area (Å²) in [5.74, 6) is 1.58. The van der Waals surface area contributed by atoms with E-state index in [0.29, 0.717) is 42.7 Å². The molecule has 1 aliphatic heterocycles. The Kier molecular flexibility index (Phi) is 9.80. The number of benzene rings is 2. The molecule has 2 amide bonds. The highest BCUT2D eigenvalue weighted by Gasteiger charge is 2.27. The standard InChI is InChI=1S/C28H38N2O4/c1-22(2)19-23-20-34-26-16-10-9-15-25(26)28(32)29(3)17-11-4-5-12-18-30(23)27(31)21-33-24-13-7-6-8-14-24/h6-10,13-16,22-23H,4-5,11-12,17-21H2,1-3H3/t23-/m0/s1. The number of rotatable bonds is 5. The Morgan fingerprint density at radius 2 is 1.68 bits per heavy atom. The lowest BCUT2D eigenvalue weighted by molar-refractivity contribution is -0.137. The Labute approximate surface area is 203 Å². The molecule has 6 nitrogen and oxygen atoms in total. The molecule has 0 radical (unpaired) electrons. The highest BCUT2D eigenvalue weighted by Crippen LogP contribution is 2.23. The minimum absolute atomic E-state index is 0.00151. The van der Waals surface area contributed by atoms with E-state index in [1.54, 1.807) is 4.90 Å². The van der Waals surface area contributed by atoms with Crippen molar-refractivity contribution < 1.29 is 19.1 Å². The molecule has 0 bridgehead atoms. The van der Waals surface area contributed by atoms with Crippen molar-refractivity contribution in [2.24, 2.45) is 5.92 Å². The van der Waals surface area contributed by atoms with E-state index in [4.69, 9.17) is 9.47 Å². The van der Waals surface area contributed by atoms with E-state index < -0.39 is 0 Å². The molecular weight excluding hydrogens is 428 g/mol. The van der Waals surface area contributed by atoms with Crippen LogP contribution in [0.1, 0.15) is 56.3 Å². The average Bonchev–Trinajstić information content (AvgIpc) is 2.84. The summed E-state index contributed by atoms with van der Waals surface area (Å²) in [4.78, 5) is 30.1. The van der Waals surface area contributed by atoms with Crippen LogP contribution in [0.25, 0.3) is 0 Å². The van der Waals surface area contributed by atoms with Gasteiger partial charge in [0.1, 0.15) is 18.1 Å². The number of hydrogen-bond donors (Lipinski definition) is 0. The van der Waals surface area contributed by atoms with Crippen LogP contribution in [-0.4, -0.2) is 61.0 Å². The number of amides is 2. The molecule has 2 aromatic rings. The molecule has 0 saturated heterocycles. The molecule has 1 aliphatic rings. The van der Waals surface area contributed by atoms with Gasteiger partial charge in [0.25, 0.3) is 11.8 Å². The van der Waals surface area contributed by atoms with Gasteiger partial charge in [0, 0.05) is 20.1 Å². The van der Waals surface area contributed by atoms with Gasteiger partial charge in [-0.25, -0.2) is 0 Å². The number of carbonyl (C=O) groups is 2. The van der Waals surface area contributed by atoms with Crippen LogP contribution in [0.5, 0.6) is 11.5 Å².